The summed E-state index contributed by atoms with van der Waals surface area (Å²) in [7, 11) is 1.48. The maximum absolute atomic E-state index is 16.7. The molecule has 8 aliphatic heterocycles. The lowest BCUT2D eigenvalue weighted by molar-refractivity contribution is -0.334. The summed E-state index contributed by atoms with van der Waals surface area (Å²) in [4.78, 5) is 122. The molecule has 8 heterocycles. The van der Waals surface area contributed by atoms with Gasteiger partial charge in [0.1, 0.15) is 82.9 Å². The molecule has 22 atom stereocenters. The molecule has 38 heteroatoms. The van der Waals surface area contributed by atoms with Crippen LogP contribution in [0.3, 0.4) is 0 Å². The Kier molecular flexibility index (Phi) is 27.9. The van der Waals surface area contributed by atoms with E-state index in [0.29, 0.717) is 5.02 Å². The number of aromatic hydroxyl groups is 3. The maximum Gasteiger partial charge on any atom is 0.330 e. The minimum atomic E-state index is -2.58. The Balaban J connectivity index is 1.02. The first-order chi connectivity index (χ1) is 59.5. The average molecular weight is 1810 g/mol. The number of nitrogens with two attached hydrogens (primary N) is 2. The van der Waals surface area contributed by atoms with Crippen LogP contribution >= 0.6 is 34.8 Å². The molecule has 3 fully saturated rings. The average Bonchev–Trinajstić information content (AvgIpc) is 0.750. The van der Waals surface area contributed by atoms with Gasteiger partial charge in [0.25, 0.3) is 0 Å². The molecule has 7 aromatic carbocycles. The number of primary amides is 1. The number of carboxylic acid groups (broad SMARTS) is 1. The van der Waals surface area contributed by atoms with Crippen molar-refractivity contribution in [2.45, 2.75) is 220 Å². The Morgan fingerprint density at radius 2 is 1.27 bits per heavy atom. The lowest BCUT2D eigenvalue weighted by atomic mass is 9.73. The number of ether oxygens (including phenoxy) is 7. The summed E-state index contributed by atoms with van der Waals surface area (Å²) in [6, 6.07) is 17.5. The summed E-state index contributed by atoms with van der Waals surface area (Å²) < 4.78 is 46.6. The molecule has 15 rings (SSSR count). The molecule has 0 saturated carbocycles. The standard InChI is InChI=1S/C88H101Cl3N10O25/c1-37(2)23-55(94-8)78(112)99-70-71(107)45-17-22-60(54(91)26-45)123-62-28-46-27-61(74(62)126-84-75(73(109)72(108)63(36-102)124-84)125-65-34-87(6,77(111)39(4)121-65)95-35-40-9-11-41(12-10-40)42-13-18-47(89)19-14-42)122-59-21-16-43(25-53(59)90)52(31-49-33-86(5,93)76(110)38(3)120-49)88(7)85(119)100-69(83(117)118)51-29-48(103)30-58(105)66(51)50-24-44(15-20-57(50)104)67(82(116)101-88)98-80(114)68(46)97-79(113)56(32-64(92)106)96-81(70)115/h9-22,24-30,37-39,49,52,55-56,63,65,67-73,75-77,84,94-95,102-105,107-111H,23,31-36,93H2,1-8H3,(H2,92,106)(H,96,115)(H,97,113)(H,98,114)(H,99,112)(H,100,119)(H,101,116)(H,117,118)/t38-,39-,49-,52+,55+,56-,63+,65+,67+,68+,69-,70+,71+,72+,73-,75+,76-,77-,84-,86-,87-,88-/m0/s1. The van der Waals surface area contributed by atoms with Crippen LogP contribution in [0.25, 0.3) is 22.3 Å². The second-order valence-electron chi connectivity index (χ2n) is 33.8. The molecule has 126 heavy (non-hydrogen) atoms. The summed E-state index contributed by atoms with van der Waals surface area (Å²) in [6.07, 6.45) is -20.4. The molecule has 3 saturated heterocycles. The second-order valence-corrected chi connectivity index (χ2v) is 35.1. The molecule has 0 aliphatic carbocycles. The van der Waals surface area contributed by atoms with Crippen molar-refractivity contribution in [2.24, 2.45) is 17.4 Å². The van der Waals surface area contributed by atoms with Crippen LogP contribution in [0.5, 0.6) is 46.0 Å². The second kappa shape index (κ2) is 37.8. The van der Waals surface area contributed by atoms with Crippen molar-refractivity contribution in [3.05, 3.63) is 176 Å². The number of hydrogen-bond donors (Lipinski definition) is 20. The number of benzene rings is 7. The first-order valence-electron chi connectivity index (χ1n) is 40.8. The predicted octanol–water partition coefficient (Wildman–Crippen LogP) is 5.34. The largest absolute Gasteiger partial charge is 0.508 e. The fourth-order valence-electron chi connectivity index (χ4n) is 17.1. The summed E-state index contributed by atoms with van der Waals surface area (Å²) >= 11 is 21.0. The van der Waals surface area contributed by atoms with E-state index in [2.05, 4.69) is 42.5 Å². The van der Waals surface area contributed by atoms with Gasteiger partial charge in [0, 0.05) is 57.7 Å². The number of hydrogen-bond acceptors (Lipinski definition) is 27. The Labute approximate surface area is 738 Å². The quantitative estimate of drug-likeness (QED) is 0.0485. The van der Waals surface area contributed by atoms with E-state index in [4.69, 9.17) is 79.4 Å². The third-order valence-electron chi connectivity index (χ3n) is 24.0. The van der Waals surface area contributed by atoms with Crippen LogP contribution in [0.1, 0.15) is 144 Å². The van der Waals surface area contributed by atoms with E-state index in [9.17, 15) is 65.4 Å². The highest BCUT2D eigenvalue weighted by atomic mass is 35.5. The number of carbonyl (C=O) groups excluding carboxylic acids is 7. The van der Waals surface area contributed by atoms with Crippen molar-refractivity contribution < 1.29 is 123 Å². The zero-order valence-corrected chi connectivity index (χ0v) is 71.8. The van der Waals surface area contributed by atoms with Crippen LogP contribution in [0.4, 0.5) is 0 Å². The van der Waals surface area contributed by atoms with Gasteiger partial charge in [-0.1, -0.05) is 103 Å². The highest BCUT2D eigenvalue weighted by Gasteiger charge is 2.54. The number of phenols is 3. The van der Waals surface area contributed by atoms with Crippen molar-refractivity contribution in [3.63, 3.8) is 0 Å². The van der Waals surface area contributed by atoms with E-state index in [0.717, 1.165) is 65.2 Å². The van der Waals surface area contributed by atoms with E-state index in [1.807, 2.05) is 50.2 Å². The fourth-order valence-corrected chi connectivity index (χ4v) is 17.7. The Hall–Kier alpha value is -10.6. The van der Waals surface area contributed by atoms with Crippen LogP contribution in [0.2, 0.25) is 15.1 Å². The molecule has 0 aromatic heterocycles. The van der Waals surface area contributed by atoms with Gasteiger partial charge < -0.3 is 138 Å². The van der Waals surface area contributed by atoms with E-state index in [-0.39, 0.29) is 76.4 Å². The number of amides is 7. The van der Waals surface area contributed by atoms with Crippen molar-refractivity contribution >= 4 is 82.1 Å². The predicted molar refractivity (Wildman–Crippen MR) is 453 cm³/mol. The molecular weight excluding hydrogens is 1700 g/mol. The maximum atomic E-state index is 16.7. The topological polar surface area (TPSA) is 552 Å². The molecule has 8 aliphatic rings. The Morgan fingerprint density at radius 1 is 0.659 bits per heavy atom. The van der Waals surface area contributed by atoms with Crippen LogP contribution in [0, 0.1) is 5.92 Å². The third-order valence-corrected chi connectivity index (χ3v) is 24.8. The Bertz CT molecular complexity index is 5310. The van der Waals surface area contributed by atoms with Gasteiger partial charge in [0.05, 0.1) is 59.6 Å². The summed E-state index contributed by atoms with van der Waals surface area (Å²) in [5.74, 6) is -17.2. The molecule has 7 amide bonds. The van der Waals surface area contributed by atoms with Crippen LogP contribution in [-0.2, 0) is 63.8 Å². The summed E-state index contributed by atoms with van der Waals surface area (Å²) in [6.45, 7) is 10.5. The number of carboxylic acids is 1. The number of likely N-dealkylation sites (N-methyl/N-ethyl adjacent to an activating group) is 1. The van der Waals surface area contributed by atoms with Crippen molar-refractivity contribution in [3.8, 4) is 68.2 Å². The van der Waals surface area contributed by atoms with Crippen molar-refractivity contribution in [1.29, 1.82) is 0 Å². The van der Waals surface area contributed by atoms with Gasteiger partial charge in [-0.3, -0.25) is 33.6 Å². The van der Waals surface area contributed by atoms with E-state index >= 15 is 24.0 Å². The number of aliphatic hydroxyl groups excluding tert-OH is 6. The molecular formula is C88H101Cl3N10O25. The number of carbonyl (C=O) groups is 8. The van der Waals surface area contributed by atoms with Crippen LogP contribution in [0.15, 0.2) is 127 Å². The third kappa shape index (κ3) is 19.8. The number of phenolic OH excluding ortho intramolecular Hbond substituents is 3. The number of rotatable bonds is 19. The highest BCUT2D eigenvalue weighted by molar-refractivity contribution is 6.32. The fraction of sp³-hybridized carbons (Fsp3) is 0.432. The summed E-state index contributed by atoms with van der Waals surface area (Å²) in [5.41, 5.74) is 7.64. The van der Waals surface area contributed by atoms with Gasteiger partial charge in [0.15, 0.2) is 29.9 Å². The van der Waals surface area contributed by atoms with E-state index in [1.165, 1.54) is 44.3 Å². The molecule has 0 unspecified atom stereocenters. The molecule has 7 aromatic rings. The molecule has 674 valence electrons. The number of aliphatic carboxylic acids is 1. The monoisotopic (exact) mass is 1800 g/mol. The van der Waals surface area contributed by atoms with Crippen molar-refractivity contribution in [2.75, 3.05) is 13.7 Å². The van der Waals surface area contributed by atoms with E-state index in [1.54, 1.807) is 39.8 Å². The SMILES string of the molecule is CN[C@H](CC(C)C)C(=O)N[C@H]1C(=O)N[C@@H](CC(N)=O)C(=O)N[C@H]2C(=O)N[C@H]3C(=O)N[C@](C)(C(=O)N[C@H](C(=O)O)c4cc(O)cc(O)c4-c4cc3ccc4O)[C@H](C[C@H]3C[C@](C)(N)[C@@H](O)[C@H](C)O3)c3ccc(c(Cl)c3)Oc3cc2cc(c3O[C@@H]2O[C@H](CO)[C@@H](O)[C@H](O)[C@H]2O[C@@H]2C[C@](C)(NCc3ccc(-c4ccc(Cl)cc4)cc3)[C@@H](O)[C@H](C)O2)Oc2ccc(cc2Cl)[C@H]1O. The molecule has 0 radical (unpaired) electrons. The summed E-state index contributed by atoms with van der Waals surface area (Å²) in [5, 5.41) is 139. The van der Waals surface area contributed by atoms with Gasteiger partial charge in [-0.2, -0.15) is 0 Å². The van der Waals surface area contributed by atoms with Gasteiger partial charge >= 0.3 is 5.97 Å². The van der Waals surface area contributed by atoms with Crippen molar-refractivity contribution in [1.82, 2.24) is 42.5 Å². The molecule has 0 spiro atoms. The van der Waals surface area contributed by atoms with Gasteiger partial charge in [-0.25, -0.2) is 4.79 Å². The molecule has 22 N–H and O–H groups in total. The van der Waals surface area contributed by atoms with Gasteiger partial charge in [-0.15, -0.1) is 0 Å². The normalized spacial score (nSPS) is 30.2. The van der Waals surface area contributed by atoms with Gasteiger partial charge in [0.2, 0.25) is 53.4 Å². The number of nitrogens with one attached hydrogen (secondary N) is 8. The smallest absolute Gasteiger partial charge is 0.330 e. The van der Waals surface area contributed by atoms with Crippen LogP contribution < -0.4 is 68.2 Å². The Morgan fingerprint density at radius 3 is 1.88 bits per heavy atom. The number of aliphatic hydroxyl groups is 6. The highest BCUT2D eigenvalue weighted by Crippen LogP contribution is 2.52. The lowest BCUT2D eigenvalue weighted by Crippen LogP contribution is -2.65. The zero-order chi connectivity index (χ0) is 91.2. The molecule has 11 bridgehead atoms. The van der Waals surface area contributed by atoms with E-state index < -0.39 is 250 Å². The zero-order valence-electron chi connectivity index (χ0n) is 69.5. The first-order valence-corrected chi connectivity index (χ1v) is 41.9. The minimum absolute atomic E-state index is 0.0498. The van der Waals surface area contributed by atoms with Crippen LogP contribution in [-0.4, -0.2) is 214 Å². The van der Waals surface area contributed by atoms with Gasteiger partial charge in [-0.05, 0) is 173 Å². The number of halogens is 3. The minimum Gasteiger partial charge on any atom is -0.508 e. The number of fused-ring (bicyclic) bond motifs is 15. The lowest BCUT2D eigenvalue weighted by Gasteiger charge is -2.48. The first kappa shape index (κ1) is 93.1. The molecule has 35 nitrogen and oxygen atoms in total.